The first-order valence-corrected chi connectivity index (χ1v) is 8.70. The second kappa shape index (κ2) is 7.42. The highest BCUT2D eigenvalue weighted by Gasteiger charge is 2.17. The zero-order valence-electron chi connectivity index (χ0n) is 12.4. The van der Waals surface area contributed by atoms with Gasteiger partial charge in [0.2, 0.25) is 5.91 Å². The largest absolute Gasteiger partial charge is 0.494 e. The summed E-state index contributed by atoms with van der Waals surface area (Å²) in [6, 6.07) is 6.00. The average Bonchev–Trinajstić information content (AvgIpc) is 2.99. The summed E-state index contributed by atoms with van der Waals surface area (Å²) in [5.41, 5.74) is 2.25. The lowest BCUT2D eigenvalue weighted by molar-refractivity contribution is -0.122. The normalized spacial score (nSPS) is 17.4. The molecule has 2 N–H and O–H groups in total. The summed E-state index contributed by atoms with van der Waals surface area (Å²) in [7, 11) is -3.78. The van der Waals surface area contributed by atoms with Crippen LogP contribution in [0.4, 0.5) is 0 Å². The van der Waals surface area contributed by atoms with Crippen LogP contribution >= 0.6 is 0 Å². The van der Waals surface area contributed by atoms with Crippen LogP contribution in [0.2, 0.25) is 0 Å². The second-order valence-corrected chi connectivity index (χ2v) is 6.71. The fourth-order valence-corrected chi connectivity index (χ4v) is 3.08. The number of benzene rings is 1. The van der Waals surface area contributed by atoms with E-state index < -0.39 is 10.0 Å². The van der Waals surface area contributed by atoms with Crippen molar-refractivity contribution in [3.8, 4) is 5.75 Å². The molecule has 22 heavy (non-hydrogen) atoms. The van der Waals surface area contributed by atoms with Gasteiger partial charge in [0.05, 0.1) is 11.5 Å². The quantitative estimate of drug-likeness (QED) is 0.591. The number of nitrogens with one attached hydrogen (secondary N) is 2. The summed E-state index contributed by atoms with van der Waals surface area (Å²) in [6.45, 7) is 2.36. The Kier molecular flexibility index (Phi) is 5.57. The number of hydrogen-bond acceptors (Lipinski definition) is 4. The Hall–Kier alpha value is -1.86. The topological polar surface area (TPSA) is 84.5 Å². The summed E-state index contributed by atoms with van der Waals surface area (Å²) >= 11 is 0. The monoisotopic (exact) mass is 324 g/mol. The van der Waals surface area contributed by atoms with Gasteiger partial charge in [0.25, 0.3) is 10.0 Å². The molecule has 0 heterocycles. The molecule has 1 amide bonds. The molecule has 0 aliphatic heterocycles. The molecule has 120 valence electrons. The molecule has 0 saturated carbocycles. The van der Waals surface area contributed by atoms with Gasteiger partial charge in [-0.25, -0.2) is 8.42 Å². The number of carbonyl (C=O) groups excluding carboxylic acids is 1. The third-order valence-electron chi connectivity index (χ3n) is 3.33. The summed E-state index contributed by atoms with van der Waals surface area (Å²) in [5, 5.41) is 0. The van der Waals surface area contributed by atoms with Gasteiger partial charge in [-0.1, -0.05) is 12.2 Å². The van der Waals surface area contributed by atoms with Gasteiger partial charge in [-0.15, -0.1) is 4.83 Å². The van der Waals surface area contributed by atoms with E-state index in [1.54, 1.807) is 12.1 Å². The SMILES string of the molecule is CCOc1ccc(S(=O)(=O)NNC(=O)C[C@H]2C=CCC2)cc1. The van der Waals surface area contributed by atoms with E-state index in [4.69, 9.17) is 4.74 Å². The van der Waals surface area contributed by atoms with Gasteiger partial charge in [0.15, 0.2) is 0 Å². The van der Waals surface area contributed by atoms with Crippen LogP contribution in [0.3, 0.4) is 0 Å². The van der Waals surface area contributed by atoms with Crippen molar-refractivity contribution in [1.82, 2.24) is 10.3 Å². The maximum Gasteiger partial charge on any atom is 0.257 e. The van der Waals surface area contributed by atoms with Gasteiger partial charge < -0.3 is 4.74 Å². The van der Waals surface area contributed by atoms with Gasteiger partial charge in [-0.3, -0.25) is 10.2 Å². The van der Waals surface area contributed by atoms with E-state index in [1.807, 2.05) is 19.1 Å². The van der Waals surface area contributed by atoms with Crippen LogP contribution in [0.25, 0.3) is 0 Å². The molecule has 7 heteroatoms. The molecule has 1 aliphatic carbocycles. The van der Waals surface area contributed by atoms with E-state index in [0.717, 1.165) is 12.8 Å². The van der Waals surface area contributed by atoms with Crippen LogP contribution in [0, 0.1) is 5.92 Å². The Morgan fingerprint density at radius 1 is 1.32 bits per heavy atom. The van der Waals surface area contributed by atoms with Crippen LogP contribution in [-0.2, 0) is 14.8 Å². The number of rotatable bonds is 7. The minimum absolute atomic E-state index is 0.0667. The Labute approximate surface area is 130 Å². The lowest BCUT2D eigenvalue weighted by Gasteiger charge is -2.11. The highest BCUT2D eigenvalue weighted by Crippen LogP contribution is 2.20. The molecule has 1 atom stereocenters. The first-order chi connectivity index (χ1) is 10.5. The van der Waals surface area contributed by atoms with Crippen LogP contribution in [0.15, 0.2) is 41.3 Å². The van der Waals surface area contributed by atoms with Crippen LogP contribution < -0.4 is 15.0 Å². The number of hydrazine groups is 1. The summed E-state index contributed by atoms with van der Waals surface area (Å²) in [4.78, 5) is 13.9. The molecular formula is C15H20N2O4S. The van der Waals surface area contributed by atoms with Crippen molar-refractivity contribution in [3.63, 3.8) is 0 Å². The van der Waals surface area contributed by atoms with Crippen molar-refractivity contribution in [3.05, 3.63) is 36.4 Å². The molecule has 0 radical (unpaired) electrons. The standard InChI is InChI=1S/C15H20N2O4S/c1-2-21-13-7-9-14(10-8-13)22(19,20)17-16-15(18)11-12-5-3-4-6-12/h3,5,7-10,12,17H,2,4,6,11H2,1H3,(H,16,18)/t12-/m0/s1. The Bertz CT molecular complexity index is 638. The van der Waals surface area contributed by atoms with Crippen LogP contribution in [0.5, 0.6) is 5.75 Å². The second-order valence-electron chi connectivity index (χ2n) is 5.03. The predicted octanol–water partition coefficient (Wildman–Crippen LogP) is 1.75. The lowest BCUT2D eigenvalue weighted by atomic mass is 10.1. The lowest BCUT2D eigenvalue weighted by Crippen LogP contribution is -2.41. The Morgan fingerprint density at radius 3 is 2.64 bits per heavy atom. The number of hydrogen-bond donors (Lipinski definition) is 2. The number of amides is 1. The molecule has 0 spiro atoms. The van der Waals surface area contributed by atoms with Gasteiger partial charge in [0, 0.05) is 6.42 Å². The number of allylic oxidation sites excluding steroid dienone is 2. The summed E-state index contributed by atoms with van der Waals surface area (Å²) < 4.78 is 29.4. The third kappa shape index (κ3) is 4.57. The highest BCUT2D eigenvalue weighted by atomic mass is 32.2. The zero-order chi connectivity index (χ0) is 16.0. The molecule has 0 aromatic heterocycles. The van der Waals surface area contributed by atoms with Gasteiger partial charge in [-0.2, -0.15) is 0 Å². The van der Waals surface area contributed by atoms with Crippen molar-refractivity contribution in [2.45, 2.75) is 31.1 Å². The van der Waals surface area contributed by atoms with Crippen molar-refractivity contribution in [1.29, 1.82) is 0 Å². The van der Waals surface area contributed by atoms with Crippen LogP contribution in [-0.4, -0.2) is 20.9 Å². The molecular weight excluding hydrogens is 304 g/mol. The maximum atomic E-state index is 12.1. The van der Waals surface area contributed by atoms with Crippen molar-refractivity contribution < 1.29 is 17.9 Å². The summed E-state index contributed by atoms with van der Waals surface area (Å²) in [5.74, 6) is 0.444. The maximum absolute atomic E-state index is 12.1. The van der Waals surface area contributed by atoms with Crippen molar-refractivity contribution in [2.75, 3.05) is 6.61 Å². The Balaban J connectivity index is 1.89. The van der Waals surface area contributed by atoms with Gasteiger partial charge in [-0.05, 0) is 49.9 Å². The predicted molar refractivity (Wildman–Crippen MR) is 82.6 cm³/mol. The van der Waals surface area contributed by atoms with E-state index >= 15 is 0 Å². The van der Waals surface area contributed by atoms with Gasteiger partial charge >= 0.3 is 0 Å². The number of carbonyl (C=O) groups is 1. The molecule has 1 aromatic rings. The van der Waals surface area contributed by atoms with E-state index in [2.05, 4.69) is 10.3 Å². The minimum atomic E-state index is -3.78. The first-order valence-electron chi connectivity index (χ1n) is 7.21. The molecule has 0 unspecified atom stereocenters. The third-order valence-corrected chi connectivity index (χ3v) is 4.59. The Morgan fingerprint density at radius 2 is 2.05 bits per heavy atom. The molecule has 0 fully saturated rings. The number of sulfonamides is 1. The molecule has 1 aliphatic rings. The number of ether oxygens (including phenoxy) is 1. The van der Waals surface area contributed by atoms with Gasteiger partial charge in [0.1, 0.15) is 5.75 Å². The molecule has 0 saturated heterocycles. The average molecular weight is 324 g/mol. The first kappa shape index (κ1) is 16.5. The van der Waals surface area contributed by atoms with E-state index in [0.29, 0.717) is 12.4 Å². The molecule has 6 nitrogen and oxygen atoms in total. The smallest absolute Gasteiger partial charge is 0.257 e. The van der Waals surface area contributed by atoms with Crippen molar-refractivity contribution in [2.24, 2.45) is 5.92 Å². The molecule has 2 rings (SSSR count). The van der Waals surface area contributed by atoms with Crippen LogP contribution in [0.1, 0.15) is 26.2 Å². The fraction of sp³-hybridized carbons (Fsp3) is 0.400. The fourth-order valence-electron chi connectivity index (χ4n) is 2.22. The molecule has 0 bridgehead atoms. The van der Waals surface area contributed by atoms with Crippen molar-refractivity contribution >= 4 is 15.9 Å². The summed E-state index contributed by atoms with van der Waals surface area (Å²) in [6.07, 6.45) is 6.19. The zero-order valence-corrected chi connectivity index (χ0v) is 13.2. The van der Waals surface area contributed by atoms with E-state index in [-0.39, 0.29) is 23.1 Å². The van der Waals surface area contributed by atoms with E-state index in [1.165, 1.54) is 12.1 Å². The molecule has 1 aromatic carbocycles. The highest BCUT2D eigenvalue weighted by molar-refractivity contribution is 7.89. The van der Waals surface area contributed by atoms with E-state index in [9.17, 15) is 13.2 Å². The minimum Gasteiger partial charge on any atom is -0.494 e.